The molecule has 1 aromatic carbocycles. The van der Waals surface area contributed by atoms with Gasteiger partial charge in [0.05, 0.1) is 10.7 Å². The van der Waals surface area contributed by atoms with E-state index in [1.165, 1.54) is 25.0 Å². The molecule has 1 rings (SSSR count). The molecule has 0 spiro atoms. The maximum atomic E-state index is 12.8. The number of hydrogen-bond donors (Lipinski definition) is 1. The summed E-state index contributed by atoms with van der Waals surface area (Å²) in [4.78, 5) is 0. The van der Waals surface area contributed by atoms with Crippen molar-refractivity contribution in [2.75, 3.05) is 5.32 Å². The molecule has 0 radical (unpaired) electrons. The molecule has 0 aromatic heterocycles. The average molecular weight is 230 g/mol. The Morgan fingerprint density at radius 3 is 2.80 bits per heavy atom. The van der Waals surface area contributed by atoms with Gasteiger partial charge in [-0.05, 0) is 31.5 Å². The molecule has 0 bridgehead atoms. The molecule has 1 aromatic rings. The van der Waals surface area contributed by atoms with Gasteiger partial charge < -0.3 is 5.32 Å². The zero-order chi connectivity index (χ0) is 11.3. The molecule has 0 heterocycles. The lowest BCUT2D eigenvalue weighted by Gasteiger charge is -2.15. The van der Waals surface area contributed by atoms with E-state index < -0.39 is 0 Å². The lowest BCUT2D eigenvalue weighted by atomic mass is 10.1. The van der Waals surface area contributed by atoms with Gasteiger partial charge in [0.25, 0.3) is 0 Å². The molecule has 0 saturated carbocycles. The fourth-order valence-electron chi connectivity index (χ4n) is 1.45. The number of hydrogen-bond acceptors (Lipinski definition) is 1. The molecule has 15 heavy (non-hydrogen) atoms. The molecule has 1 nitrogen and oxygen atoms in total. The van der Waals surface area contributed by atoms with Crippen molar-refractivity contribution in [3.63, 3.8) is 0 Å². The molecule has 1 unspecified atom stereocenters. The first-order valence-electron chi connectivity index (χ1n) is 5.35. The van der Waals surface area contributed by atoms with Crippen LogP contribution < -0.4 is 5.32 Å². The average Bonchev–Trinajstić information content (AvgIpc) is 2.19. The first kappa shape index (κ1) is 12.3. The summed E-state index contributed by atoms with van der Waals surface area (Å²) in [6.07, 6.45) is 3.47. The van der Waals surface area contributed by atoms with E-state index in [0.29, 0.717) is 11.1 Å². The number of rotatable bonds is 5. The minimum atomic E-state index is -0.299. The first-order valence-corrected chi connectivity index (χ1v) is 5.73. The highest BCUT2D eigenvalue weighted by Gasteiger charge is 2.05. The largest absolute Gasteiger partial charge is 0.381 e. The van der Waals surface area contributed by atoms with Crippen LogP contribution in [-0.2, 0) is 0 Å². The molecule has 0 aliphatic rings. The Morgan fingerprint density at radius 1 is 1.47 bits per heavy atom. The van der Waals surface area contributed by atoms with E-state index in [1.807, 2.05) is 0 Å². The summed E-state index contributed by atoms with van der Waals surface area (Å²) < 4.78 is 12.8. The fourth-order valence-corrected chi connectivity index (χ4v) is 1.68. The Bertz CT molecular complexity index is 314. The minimum absolute atomic E-state index is 0.299. The second kappa shape index (κ2) is 5.96. The minimum Gasteiger partial charge on any atom is -0.381 e. The summed E-state index contributed by atoms with van der Waals surface area (Å²) in [5.74, 6) is -0.299. The molecule has 0 saturated heterocycles. The van der Waals surface area contributed by atoms with Crippen molar-refractivity contribution in [1.29, 1.82) is 0 Å². The summed E-state index contributed by atoms with van der Waals surface area (Å²) in [5.41, 5.74) is 0.807. The molecule has 1 N–H and O–H groups in total. The van der Waals surface area contributed by atoms with Crippen LogP contribution in [0.4, 0.5) is 10.1 Å². The van der Waals surface area contributed by atoms with Crippen molar-refractivity contribution in [3.05, 3.63) is 29.0 Å². The Morgan fingerprint density at radius 2 is 2.20 bits per heavy atom. The normalized spacial score (nSPS) is 12.5. The van der Waals surface area contributed by atoms with Crippen molar-refractivity contribution in [1.82, 2.24) is 0 Å². The van der Waals surface area contributed by atoms with E-state index in [1.54, 1.807) is 6.07 Å². The summed E-state index contributed by atoms with van der Waals surface area (Å²) >= 11 is 5.91. The first-order chi connectivity index (χ1) is 7.13. The summed E-state index contributed by atoms with van der Waals surface area (Å²) in [6.45, 7) is 4.27. The van der Waals surface area contributed by atoms with Gasteiger partial charge in [0.2, 0.25) is 0 Å². The third-order valence-corrected chi connectivity index (χ3v) is 2.64. The van der Waals surface area contributed by atoms with Crippen LogP contribution in [0.3, 0.4) is 0 Å². The maximum absolute atomic E-state index is 12.8. The van der Waals surface area contributed by atoms with E-state index >= 15 is 0 Å². The fraction of sp³-hybridized carbons (Fsp3) is 0.500. The Balaban J connectivity index is 2.56. The van der Waals surface area contributed by atoms with E-state index in [4.69, 9.17) is 11.6 Å². The van der Waals surface area contributed by atoms with Crippen molar-refractivity contribution < 1.29 is 4.39 Å². The number of benzene rings is 1. The number of anilines is 1. The number of nitrogens with one attached hydrogen (secondary N) is 1. The second-order valence-electron chi connectivity index (χ2n) is 3.81. The zero-order valence-electron chi connectivity index (χ0n) is 9.19. The van der Waals surface area contributed by atoms with E-state index in [2.05, 4.69) is 19.2 Å². The molecular formula is C12H17ClFN. The highest BCUT2D eigenvalue weighted by atomic mass is 35.5. The molecule has 0 aliphatic carbocycles. The van der Waals surface area contributed by atoms with E-state index in [9.17, 15) is 4.39 Å². The van der Waals surface area contributed by atoms with Crippen LogP contribution in [0.25, 0.3) is 0 Å². The Hall–Kier alpha value is -0.760. The Kier molecular flexibility index (Phi) is 4.89. The van der Waals surface area contributed by atoms with Gasteiger partial charge in [0, 0.05) is 6.04 Å². The van der Waals surface area contributed by atoms with Gasteiger partial charge in [-0.1, -0.05) is 31.4 Å². The van der Waals surface area contributed by atoms with Gasteiger partial charge in [-0.2, -0.15) is 0 Å². The molecule has 0 aliphatic heterocycles. The molecule has 1 atom stereocenters. The van der Waals surface area contributed by atoms with Gasteiger partial charge >= 0.3 is 0 Å². The second-order valence-corrected chi connectivity index (χ2v) is 4.22. The third kappa shape index (κ3) is 4.08. The molecule has 0 amide bonds. The van der Waals surface area contributed by atoms with Crippen LogP contribution in [0.2, 0.25) is 5.02 Å². The predicted molar refractivity (Wildman–Crippen MR) is 64.0 cm³/mol. The van der Waals surface area contributed by atoms with Crippen LogP contribution in [0.1, 0.15) is 33.1 Å². The topological polar surface area (TPSA) is 12.0 Å². The molecule has 84 valence electrons. The SMILES string of the molecule is CCCCC(C)Nc1ccc(F)cc1Cl. The van der Waals surface area contributed by atoms with Gasteiger partial charge in [0.1, 0.15) is 5.82 Å². The lowest BCUT2D eigenvalue weighted by molar-refractivity contribution is 0.626. The highest BCUT2D eigenvalue weighted by Crippen LogP contribution is 2.23. The van der Waals surface area contributed by atoms with Gasteiger partial charge in [-0.25, -0.2) is 4.39 Å². The van der Waals surface area contributed by atoms with Crippen molar-refractivity contribution in [2.45, 2.75) is 39.2 Å². The molecular weight excluding hydrogens is 213 g/mol. The maximum Gasteiger partial charge on any atom is 0.124 e. The highest BCUT2D eigenvalue weighted by molar-refractivity contribution is 6.33. The lowest BCUT2D eigenvalue weighted by Crippen LogP contribution is -2.15. The predicted octanol–water partition coefficient (Wildman–Crippen LogP) is 4.47. The number of halogens is 2. The monoisotopic (exact) mass is 229 g/mol. The Labute approximate surface area is 95.6 Å². The number of unbranched alkanes of at least 4 members (excludes halogenated alkanes) is 1. The van der Waals surface area contributed by atoms with Crippen molar-refractivity contribution >= 4 is 17.3 Å². The van der Waals surface area contributed by atoms with Gasteiger partial charge in [-0.15, -0.1) is 0 Å². The van der Waals surface area contributed by atoms with E-state index in [-0.39, 0.29) is 5.82 Å². The van der Waals surface area contributed by atoms with Crippen LogP contribution in [0, 0.1) is 5.82 Å². The van der Waals surface area contributed by atoms with Crippen LogP contribution >= 0.6 is 11.6 Å². The summed E-state index contributed by atoms with van der Waals surface area (Å²) in [6, 6.07) is 4.80. The van der Waals surface area contributed by atoms with Gasteiger partial charge in [-0.3, -0.25) is 0 Å². The molecule has 0 fully saturated rings. The van der Waals surface area contributed by atoms with Crippen LogP contribution in [0.5, 0.6) is 0 Å². The summed E-state index contributed by atoms with van der Waals surface area (Å²) in [5, 5.41) is 3.72. The zero-order valence-corrected chi connectivity index (χ0v) is 9.94. The standard InChI is InChI=1S/C12H17ClFN/c1-3-4-5-9(2)15-12-7-6-10(14)8-11(12)13/h6-9,15H,3-5H2,1-2H3. The van der Waals surface area contributed by atoms with Crippen LogP contribution in [0.15, 0.2) is 18.2 Å². The molecule has 3 heteroatoms. The van der Waals surface area contributed by atoms with Crippen LogP contribution in [-0.4, -0.2) is 6.04 Å². The third-order valence-electron chi connectivity index (χ3n) is 2.32. The summed E-state index contributed by atoms with van der Waals surface area (Å²) in [7, 11) is 0. The van der Waals surface area contributed by atoms with Gasteiger partial charge in [0.15, 0.2) is 0 Å². The van der Waals surface area contributed by atoms with Crippen molar-refractivity contribution in [2.24, 2.45) is 0 Å². The quantitative estimate of drug-likeness (QED) is 0.786. The smallest absolute Gasteiger partial charge is 0.124 e. The van der Waals surface area contributed by atoms with Crippen molar-refractivity contribution in [3.8, 4) is 0 Å². The van der Waals surface area contributed by atoms with E-state index in [0.717, 1.165) is 12.1 Å².